The molecule has 24 heavy (non-hydrogen) atoms. The van der Waals surface area contributed by atoms with Crippen LogP contribution in [0.4, 0.5) is 11.4 Å². The molecule has 0 heterocycles. The van der Waals surface area contributed by atoms with Crippen LogP contribution in [0, 0.1) is 0 Å². The van der Waals surface area contributed by atoms with E-state index in [1.165, 1.54) is 19.1 Å². The minimum Gasteiger partial charge on any atom is -0.494 e. The number of hydrogen-bond donors (Lipinski definition) is 2. The molecule has 0 atom stereocenters. The molecule has 2 rings (SSSR count). The summed E-state index contributed by atoms with van der Waals surface area (Å²) in [6.45, 7) is 3.97. The Hall–Kier alpha value is -2.54. The second kappa shape index (κ2) is 7.83. The summed E-state index contributed by atoms with van der Waals surface area (Å²) in [7, 11) is -3.71. The number of hydrogen-bond acceptors (Lipinski definition) is 4. The average Bonchev–Trinajstić information content (AvgIpc) is 2.52. The van der Waals surface area contributed by atoms with E-state index in [1.807, 2.05) is 6.92 Å². The third-order valence-corrected chi connectivity index (χ3v) is 4.44. The van der Waals surface area contributed by atoms with E-state index in [1.54, 1.807) is 36.4 Å². The van der Waals surface area contributed by atoms with Crippen LogP contribution in [-0.2, 0) is 14.8 Å². The predicted molar refractivity (Wildman–Crippen MR) is 93.8 cm³/mol. The third kappa shape index (κ3) is 4.99. The van der Waals surface area contributed by atoms with Crippen molar-refractivity contribution in [1.82, 2.24) is 0 Å². The molecule has 1 amide bonds. The topological polar surface area (TPSA) is 84.5 Å². The molecule has 0 saturated heterocycles. The molecule has 7 heteroatoms. The van der Waals surface area contributed by atoms with Crippen LogP contribution in [0.1, 0.15) is 20.3 Å². The second-order valence-corrected chi connectivity index (χ2v) is 6.87. The fraction of sp³-hybridized carbons (Fsp3) is 0.235. The Morgan fingerprint density at radius 3 is 2.38 bits per heavy atom. The van der Waals surface area contributed by atoms with Gasteiger partial charge in [-0.25, -0.2) is 8.42 Å². The molecule has 128 valence electrons. The Balaban J connectivity index is 2.14. The van der Waals surface area contributed by atoms with Crippen molar-refractivity contribution in [3.63, 3.8) is 0 Å². The van der Waals surface area contributed by atoms with Crippen LogP contribution in [0.15, 0.2) is 53.4 Å². The van der Waals surface area contributed by atoms with Gasteiger partial charge in [0.2, 0.25) is 5.91 Å². The molecule has 0 fully saturated rings. The number of carbonyl (C=O) groups excluding carboxylic acids is 1. The van der Waals surface area contributed by atoms with E-state index >= 15 is 0 Å². The van der Waals surface area contributed by atoms with Crippen molar-refractivity contribution < 1.29 is 17.9 Å². The number of nitrogens with one attached hydrogen (secondary N) is 2. The maximum absolute atomic E-state index is 12.4. The van der Waals surface area contributed by atoms with Crippen molar-refractivity contribution >= 4 is 27.3 Å². The van der Waals surface area contributed by atoms with E-state index in [0.717, 1.165) is 6.42 Å². The highest BCUT2D eigenvalue weighted by Crippen LogP contribution is 2.21. The van der Waals surface area contributed by atoms with Gasteiger partial charge in [0.25, 0.3) is 10.0 Å². The first-order valence-corrected chi connectivity index (χ1v) is 9.02. The van der Waals surface area contributed by atoms with Crippen molar-refractivity contribution in [3.05, 3.63) is 48.5 Å². The predicted octanol–water partition coefficient (Wildman–Crippen LogP) is 3.23. The fourth-order valence-electron chi connectivity index (χ4n) is 2.01. The summed E-state index contributed by atoms with van der Waals surface area (Å²) in [5, 5.41) is 2.61. The van der Waals surface area contributed by atoms with Crippen molar-refractivity contribution in [2.45, 2.75) is 25.2 Å². The molecule has 2 N–H and O–H groups in total. The number of ether oxygens (including phenoxy) is 1. The highest BCUT2D eigenvalue weighted by atomic mass is 32.2. The number of benzene rings is 2. The highest BCUT2D eigenvalue weighted by Gasteiger charge is 2.14. The van der Waals surface area contributed by atoms with Crippen LogP contribution in [0.5, 0.6) is 5.75 Å². The third-order valence-electron chi connectivity index (χ3n) is 3.04. The van der Waals surface area contributed by atoms with Crippen LogP contribution in [0.3, 0.4) is 0 Å². The van der Waals surface area contributed by atoms with Gasteiger partial charge in [0.1, 0.15) is 5.75 Å². The van der Waals surface area contributed by atoms with Crippen LogP contribution in [0.25, 0.3) is 0 Å². The number of rotatable bonds is 7. The number of carbonyl (C=O) groups is 1. The Labute approximate surface area is 141 Å². The molecule has 0 radical (unpaired) electrons. The van der Waals surface area contributed by atoms with Crippen molar-refractivity contribution in [2.24, 2.45) is 0 Å². The van der Waals surface area contributed by atoms with Gasteiger partial charge in [0.05, 0.1) is 17.2 Å². The lowest BCUT2D eigenvalue weighted by molar-refractivity contribution is -0.114. The standard InChI is InChI=1S/C17H20N2O4S/c1-3-11-23-16-7-9-17(10-8-16)24(21,22)19-15-6-4-5-14(12-15)18-13(2)20/h4-10,12,19H,3,11H2,1-2H3,(H,18,20). The van der Waals surface area contributed by atoms with Crippen molar-refractivity contribution in [2.75, 3.05) is 16.6 Å². The van der Waals surface area contributed by atoms with Gasteiger partial charge in [0.15, 0.2) is 0 Å². The van der Waals surface area contributed by atoms with E-state index in [-0.39, 0.29) is 10.8 Å². The zero-order valence-corrected chi connectivity index (χ0v) is 14.4. The lowest BCUT2D eigenvalue weighted by Crippen LogP contribution is -2.13. The number of amides is 1. The highest BCUT2D eigenvalue weighted by molar-refractivity contribution is 7.92. The van der Waals surface area contributed by atoms with E-state index in [4.69, 9.17) is 4.74 Å². The van der Waals surface area contributed by atoms with Crippen LogP contribution in [-0.4, -0.2) is 20.9 Å². The van der Waals surface area contributed by atoms with Gasteiger partial charge in [-0.1, -0.05) is 13.0 Å². The van der Waals surface area contributed by atoms with Gasteiger partial charge in [-0.15, -0.1) is 0 Å². The summed E-state index contributed by atoms with van der Waals surface area (Å²) in [6.07, 6.45) is 0.881. The summed E-state index contributed by atoms with van der Waals surface area (Å²) < 4.78 is 32.8. The molecule has 0 bridgehead atoms. The van der Waals surface area contributed by atoms with Crippen LogP contribution >= 0.6 is 0 Å². The van der Waals surface area contributed by atoms with E-state index in [0.29, 0.717) is 23.7 Å². The molecule has 6 nitrogen and oxygen atoms in total. The Morgan fingerprint density at radius 1 is 1.08 bits per heavy atom. The summed E-state index contributed by atoms with van der Waals surface area (Å²) in [5.41, 5.74) is 0.888. The molecule has 0 aliphatic carbocycles. The van der Waals surface area contributed by atoms with Crippen LogP contribution < -0.4 is 14.8 Å². The Bertz CT molecular complexity index is 802. The monoisotopic (exact) mass is 348 g/mol. The molecule has 2 aromatic carbocycles. The first-order chi connectivity index (χ1) is 11.4. The van der Waals surface area contributed by atoms with Gasteiger partial charge in [0, 0.05) is 12.6 Å². The van der Waals surface area contributed by atoms with Crippen molar-refractivity contribution in [1.29, 1.82) is 0 Å². The maximum atomic E-state index is 12.4. The lowest BCUT2D eigenvalue weighted by Gasteiger charge is -2.10. The van der Waals surface area contributed by atoms with Gasteiger partial charge in [-0.05, 0) is 48.9 Å². The first-order valence-electron chi connectivity index (χ1n) is 7.54. The number of sulfonamides is 1. The van der Waals surface area contributed by atoms with Crippen LogP contribution in [0.2, 0.25) is 0 Å². The molecule has 0 saturated carbocycles. The van der Waals surface area contributed by atoms with Gasteiger partial charge < -0.3 is 10.1 Å². The maximum Gasteiger partial charge on any atom is 0.261 e. The number of anilines is 2. The molecule has 0 unspecified atom stereocenters. The molecular formula is C17H20N2O4S. The fourth-order valence-corrected chi connectivity index (χ4v) is 3.06. The minimum absolute atomic E-state index is 0.135. The van der Waals surface area contributed by atoms with E-state index < -0.39 is 10.0 Å². The van der Waals surface area contributed by atoms with Crippen molar-refractivity contribution in [3.8, 4) is 5.75 Å². The Morgan fingerprint density at radius 2 is 1.75 bits per heavy atom. The SMILES string of the molecule is CCCOc1ccc(S(=O)(=O)Nc2cccc(NC(C)=O)c2)cc1. The lowest BCUT2D eigenvalue weighted by atomic mass is 10.3. The minimum atomic E-state index is -3.71. The summed E-state index contributed by atoms with van der Waals surface area (Å²) in [6, 6.07) is 12.7. The van der Waals surface area contributed by atoms with E-state index in [9.17, 15) is 13.2 Å². The zero-order valence-electron chi connectivity index (χ0n) is 13.6. The van der Waals surface area contributed by atoms with E-state index in [2.05, 4.69) is 10.0 Å². The van der Waals surface area contributed by atoms with Gasteiger partial charge in [-0.3, -0.25) is 9.52 Å². The molecule has 2 aromatic rings. The largest absolute Gasteiger partial charge is 0.494 e. The average molecular weight is 348 g/mol. The molecular weight excluding hydrogens is 328 g/mol. The summed E-state index contributed by atoms with van der Waals surface area (Å²) >= 11 is 0. The quantitative estimate of drug-likeness (QED) is 0.804. The molecule has 0 aliphatic rings. The normalized spacial score (nSPS) is 10.9. The van der Waals surface area contributed by atoms with Gasteiger partial charge in [-0.2, -0.15) is 0 Å². The second-order valence-electron chi connectivity index (χ2n) is 5.19. The Kier molecular flexibility index (Phi) is 5.81. The zero-order chi connectivity index (χ0) is 17.6. The summed E-state index contributed by atoms with van der Waals surface area (Å²) in [5.74, 6) is 0.404. The first kappa shape index (κ1) is 17.8. The molecule has 0 aliphatic heterocycles. The molecule has 0 spiro atoms. The molecule has 0 aromatic heterocycles. The smallest absolute Gasteiger partial charge is 0.261 e. The summed E-state index contributed by atoms with van der Waals surface area (Å²) in [4.78, 5) is 11.2. The van der Waals surface area contributed by atoms with Gasteiger partial charge >= 0.3 is 0 Å².